The number of para-hydroxylation sites is 1. The molecule has 0 bridgehead atoms. The van der Waals surface area contributed by atoms with Crippen molar-refractivity contribution in [1.82, 2.24) is 10.5 Å². The van der Waals surface area contributed by atoms with E-state index in [4.69, 9.17) is 4.52 Å². The Hall–Kier alpha value is -1.86. The lowest BCUT2D eigenvalue weighted by molar-refractivity contribution is 0.390. The zero-order valence-electron chi connectivity index (χ0n) is 11.6. The van der Waals surface area contributed by atoms with Crippen LogP contribution < -0.4 is 10.0 Å². The van der Waals surface area contributed by atoms with Crippen molar-refractivity contribution < 1.29 is 12.9 Å². The Morgan fingerprint density at radius 2 is 1.95 bits per heavy atom. The Kier molecular flexibility index (Phi) is 4.10. The summed E-state index contributed by atoms with van der Waals surface area (Å²) in [6, 6.07) is 7.23. The van der Waals surface area contributed by atoms with Crippen LogP contribution in [0.2, 0.25) is 0 Å². The van der Waals surface area contributed by atoms with Gasteiger partial charge in [0.25, 0.3) is 10.0 Å². The molecule has 0 saturated heterocycles. The van der Waals surface area contributed by atoms with Gasteiger partial charge in [-0.15, -0.1) is 0 Å². The molecule has 7 heteroatoms. The molecule has 1 heterocycles. The Bertz CT molecular complexity index is 688. The summed E-state index contributed by atoms with van der Waals surface area (Å²) in [7, 11) is -1.90. The quantitative estimate of drug-likeness (QED) is 0.879. The first-order valence-electron chi connectivity index (χ1n) is 6.14. The molecule has 1 aromatic heterocycles. The molecule has 2 aromatic rings. The van der Waals surface area contributed by atoms with Gasteiger partial charge in [0.1, 0.15) is 5.69 Å². The first kappa shape index (κ1) is 14.5. The molecular weight excluding hydrogens is 278 g/mol. The van der Waals surface area contributed by atoms with Crippen molar-refractivity contribution in [1.29, 1.82) is 0 Å². The first-order valence-corrected chi connectivity index (χ1v) is 7.62. The van der Waals surface area contributed by atoms with Gasteiger partial charge in [-0.2, -0.15) is 0 Å². The van der Waals surface area contributed by atoms with Gasteiger partial charge < -0.3 is 9.84 Å². The van der Waals surface area contributed by atoms with E-state index in [0.29, 0.717) is 17.9 Å². The first-order chi connectivity index (χ1) is 9.45. The van der Waals surface area contributed by atoms with Crippen molar-refractivity contribution in [2.24, 2.45) is 0 Å². The SMILES string of the molecule is CNCc1ccccc1NS(=O)(=O)c1c(C)noc1C. The largest absolute Gasteiger partial charge is 0.360 e. The summed E-state index contributed by atoms with van der Waals surface area (Å²) in [5, 5.41) is 6.68. The number of hydrogen-bond donors (Lipinski definition) is 2. The monoisotopic (exact) mass is 295 g/mol. The Morgan fingerprint density at radius 3 is 2.55 bits per heavy atom. The smallest absolute Gasteiger partial charge is 0.267 e. The van der Waals surface area contributed by atoms with E-state index in [0.717, 1.165) is 5.56 Å². The number of anilines is 1. The fraction of sp³-hybridized carbons (Fsp3) is 0.308. The van der Waals surface area contributed by atoms with Crippen LogP contribution in [-0.4, -0.2) is 20.6 Å². The predicted octanol–water partition coefficient (Wildman–Crippen LogP) is 1.81. The molecule has 2 rings (SSSR count). The van der Waals surface area contributed by atoms with E-state index in [1.165, 1.54) is 0 Å². The van der Waals surface area contributed by atoms with Crippen LogP contribution in [0.4, 0.5) is 5.69 Å². The summed E-state index contributed by atoms with van der Waals surface area (Å²) < 4.78 is 32.4. The highest BCUT2D eigenvalue weighted by atomic mass is 32.2. The van der Waals surface area contributed by atoms with Gasteiger partial charge in [0, 0.05) is 6.54 Å². The van der Waals surface area contributed by atoms with E-state index in [9.17, 15) is 8.42 Å². The van der Waals surface area contributed by atoms with Gasteiger partial charge in [0.15, 0.2) is 10.7 Å². The van der Waals surface area contributed by atoms with Crippen molar-refractivity contribution in [2.45, 2.75) is 25.3 Å². The van der Waals surface area contributed by atoms with Crippen molar-refractivity contribution in [3.05, 3.63) is 41.3 Å². The maximum Gasteiger partial charge on any atom is 0.267 e. The van der Waals surface area contributed by atoms with Crippen molar-refractivity contribution in [2.75, 3.05) is 11.8 Å². The molecule has 0 aliphatic carbocycles. The normalized spacial score (nSPS) is 11.6. The van der Waals surface area contributed by atoms with Crippen LogP contribution >= 0.6 is 0 Å². The minimum absolute atomic E-state index is 0.0942. The molecule has 0 fully saturated rings. The minimum Gasteiger partial charge on any atom is -0.360 e. The van der Waals surface area contributed by atoms with Crippen molar-refractivity contribution in [3.63, 3.8) is 0 Å². The standard InChI is InChI=1S/C13H17N3O3S/c1-9-13(10(2)19-15-9)20(17,18)16-12-7-5-4-6-11(12)8-14-3/h4-7,14,16H,8H2,1-3H3. The highest BCUT2D eigenvalue weighted by Crippen LogP contribution is 2.24. The number of benzene rings is 1. The summed E-state index contributed by atoms with van der Waals surface area (Å²) in [6.45, 7) is 3.75. The maximum atomic E-state index is 12.4. The van der Waals surface area contributed by atoms with Crippen LogP contribution in [0, 0.1) is 13.8 Å². The van der Waals surface area contributed by atoms with Crippen LogP contribution in [0.3, 0.4) is 0 Å². The lowest BCUT2D eigenvalue weighted by atomic mass is 10.2. The maximum absolute atomic E-state index is 12.4. The molecule has 0 atom stereocenters. The molecule has 6 nitrogen and oxygen atoms in total. The lowest BCUT2D eigenvalue weighted by Crippen LogP contribution is -2.17. The van der Waals surface area contributed by atoms with Gasteiger partial charge in [-0.05, 0) is 32.5 Å². The zero-order valence-corrected chi connectivity index (χ0v) is 12.4. The third-order valence-corrected chi connectivity index (χ3v) is 4.47. The third kappa shape index (κ3) is 2.83. The lowest BCUT2D eigenvalue weighted by Gasteiger charge is -2.12. The molecule has 108 valence electrons. The molecule has 0 amide bonds. The van der Waals surface area contributed by atoms with Crippen LogP contribution in [0.25, 0.3) is 0 Å². The van der Waals surface area contributed by atoms with Crippen molar-refractivity contribution in [3.8, 4) is 0 Å². The summed E-state index contributed by atoms with van der Waals surface area (Å²) in [4.78, 5) is 0.0942. The zero-order chi connectivity index (χ0) is 14.8. The Morgan fingerprint density at radius 1 is 1.25 bits per heavy atom. The fourth-order valence-electron chi connectivity index (χ4n) is 2.02. The van der Waals surface area contributed by atoms with Crippen molar-refractivity contribution >= 4 is 15.7 Å². The summed E-state index contributed by atoms with van der Waals surface area (Å²) in [6.07, 6.45) is 0. The van der Waals surface area contributed by atoms with Crippen LogP contribution in [0.5, 0.6) is 0 Å². The average molecular weight is 295 g/mol. The molecule has 2 N–H and O–H groups in total. The Balaban J connectivity index is 2.39. The van der Waals surface area contributed by atoms with E-state index in [-0.39, 0.29) is 10.7 Å². The number of aromatic nitrogens is 1. The Labute approximate surface area is 118 Å². The summed E-state index contributed by atoms with van der Waals surface area (Å²) in [5.74, 6) is 0.279. The topological polar surface area (TPSA) is 84.2 Å². The summed E-state index contributed by atoms with van der Waals surface area (Å²) in [5.41, 5.74) is 1.76. The van der Waals surface area contributed by atoms with Gasteiger partial charge in [-0.25, -0.2) is 8.42 Å². The number of nitrogens with one attached hydrogen (secondary N) is 2. The second kappa shape index (κ2) is 5.64. The van der Waals surface area contributed by atoms with Gasteiger partial charge >= 0.3 is 0 Å². The average Bonchev–Trinajstić information content (AvgIpc) is 2.72. The van der Waals surface area contributed by atoms with Gasteiger partial charge in [0.05, 0.1) is 5.69 Å². The third-order valence-electron chi connectivity index (χ3n) is 2.87. The molecule has 1 aromatic carbocycles. The summed E-state index contributed by atoms with van der Waals surface area (Å²) >= 11 is 0. The minimum atomic E-state index is -3.71. The van der Waals surface area contributed by atoms with E-state index in [1.807, 2.05) is 12.1 Å². The number of rotatable bonds is 5. The molecule has 0 unspecified atom stereocenters. The highest BCUT2D eigenvalue weighted by Gasteiger charge is 2.24. The van der Waals surface area contributed by atoms with E-state index in [1.54, 1.807) is 33.0 Å². The second-order valence-corrected chi connectivity index (χ2v) is 6.07. The van der Waals surface area contributed by atoms with E-state index >= 15 is 0 Å². The highest BCUT2D eigenvalue weighted by molar-refractivity contribution is 7.92. The number of aryl methyl sites for hydroxylation is 2. The predicted molar refractivity (Wildman–Crippen MR) is 76.0 cm³/mol. The number of nitrogens with zero attached hydrogens (tertiary/aromatic N) is 1. The van der Waals surface area contributed by atoms with Crippen LogP contribution in [-0.2, 0) is 16.6 Å². The molecule has 20 heavy (non-hydrogen) atoms. The van der Waals surface area contributed by atoms with Gasteiger partial charge in [-0.3, -0.25) is 4.72 Å². The van der Waals surface area contributed by atoms with E-state index < -0.39 is 10.0 Å². The molecule has 0 saturated carbocycles. The number of sulfonamides is 1. The van der Waals surface area contributed by atoms with Crippen LogP contribution in [0.1, 0.15) is 17.0 Å². The number of hydrogen-bond acceptors (Lipinski definition) is 5. The second-order valence-electron chi connectivity index (χ2n) is 4.45. The molecule has 0 spiro atoms. The van der Waals surface area contributed by atoms with E-state index in [2.05, 4.69) is 15.2 Å². The molecule has 0 radical (unpaired) electrons. The molecule has 0 aliphatic heterocycles. The van der Waals surface area contributed by atoms with Gasteiger partial charge in [0.2, 0.25) is 0 Å². The molecular formula is C13H17N3O3S. The van der Waals surface area contributed by atoms with Crippen LogP contribution in [0.15, 0.2) is 33.7 Å². The van der Waals surface area contributed by atoms with Gasteiger partial charge in [-0.1, -0.05) is 23.4 Å². The molecule has 0 aliphatic rings. The fourth-order valence-corrected chi connectivity index (χ4v) is 3.45.